The van der Waals surface area contributed by atoms with Crippen LogP contribution in [0.4, 0.5) is 10.8 Å². The van der Waals surface area contributed by atoms with Crippen LogP contribution in [0.3, 0.4) is 0 Å². The molecule has 0 aliphatic carbocycles. The van der Waals surface area contributed by atoms with Gasteiger partial charge in [-0.15, -0.1) is 32.9 Å². The Morgan fingerprint density at radius 1 is 0.968 bits per heavy atom. The summed E-state index contributed by atoms with van der Waals surface area (Å²) < 4.78 is 1.42. The quantitative estimate of drug-likeness (QED) is 0.330. The van der Waals surface area contributed by atoms with E-state index in [1.165, 1.54) is 32.9 Å². The lowest BCUT2D eigenvalue weighted by molar-refractivity contribution is 0.843. The highest BCUT2D eigenvalue weighted by Crippen LogP contribution is 2.30. The topological polar surface area (TPSA) is 88.3 Å². The molecule has 0 fully saturated rings. The van der Waals surface area contributed by atoms with Crippen molar-refractivity contribution in [3.8, 4) is 27.6 Å². The molecule has 0 atom stereocenters. The van der Waals surface area contributed by atoms with Crippen molar-refractivity contribution < 1.29 is 0 Å². The van der Waals surface area contributed by atoms with Crippen LogP contribution in [-0.4, -0.2) is 19.7 Å². The fourth-order valence-electron chi connectivity index (χ4n) is 3.04. The normalized spacial score (nSPS) is 11.4. The molecule has 0 saturated carbocycles. The van der Waals surface area contributed by atoms with Crippen molar-refractivity contribution in [3.05, 3.63) is 87.5 Å². The summed E-state index contributed by atoms with van der Waals surface area (Å²) in [5.41, 5.74) is 4.31. The molecule has 2 aromatic carbocycles. The van der Waals surface area contributed by atoms with Gasteiger partial charge in [-0.1, -0.05) is 60.2 Å². The Balaban J connectivity index is 1.60. The lowest BCUT2D eigenvalue weighted by Crippen LogP contribution is -2.13. The zero-order valence-corrected chi connectivity index (χ0v) is 18.0. The molecule has 152 valence electrons. The van der Waals surface area contributed by atoms with E-state index in [4.69, 9.17) is 0 Å². The number of hydrogen-bond donors (Lipinski definition) is 1. The van der Waals surface area contributed by atoms with Crippen molar-refractivity contribution >= 4 is 33.5 Å². The molecule has 0 aliphatic heterocycles. The third-order valence-electron chi connectivity index (χ3n) is 4.61. The third kappa shape index (κ3) is 3.88. The Bertz CT molecular complexity index is 1400. The van der Waals surface area contributed by atoms with Gasteiger partial charge in [0.05, 0.1) is 11.4 Å². The molecule has 7 nitrogen and oxygen atoms in total. The van der Waals surface area contributed by atoms with E-state index >= 15 is 0 Å². The maximum absolute atomic E-state index is 13.2. The summed E-state index contributed by atoms with van der Waals surface area (Å²) >= 11 is 2.74. The molecule has 0 unspecified atom stereocenters. The zero-order valence-electron chi connectivity index (χ0n) is 16.4. The van der Waals surface area contributed by atoms with Gasteiger partial charge in [0.15, 0.2) is 5.69 Å². The van der Waals surface area contributed by atoms with Gasteiger partial charge in [0.2, 0.25) is 10.3 Å². The number of azo groups is 1. The maximum atomic E-state index is 13.2. The summed E-state index contributed by atoms with van der Waals surface area (Å²) in [7, 11) is 0. The van der Waals surface area contributed by atoms with Gasteiger partial charge >= 0.3 is 5.56 Å². The van der Waals surface area contributed by atoms with Crippen molar-refractivity contribution in [1.29, 1.82) is 0 Å². The van der Waals surface area contributed by atoms with Gasteiger partial charge in [0, 0.05) is 28.1 Å². The summed E-state index contributed by atoms with van der Waals surface area (Å²) in [5.74, 6) is 0. The SMILES string of the molecule is Cc1ccc(-c2csc(-n3[nH]c(-c4ccccc4)c(N=Nc4nccs4)c3=O)n2)cc1. The van der Waals surface area contributed by atoms with Crippen molar-refractivity contribution in [2.24, 2.45) is 10.2 Å². The molecule has 5 aromatic rings. The van der Waals surface area contributed by atoms with Crippen molar-refractivity contribution in [1.82, 2.24) is 19.7 Å². The molecule has 0 bridgehead atoms. The second kappa shape index (κ2) is 8.21. The highest BCUT2D eigenvalue weighted by molar-refractivity contribution is 7.13. The van der Waals surface area contributed by atoms with Crippen LogP contribution in [0.25, 0.3) is 27.6 Å². The minimum Gasteiger partial charge on any atom is -0.286 e. The number of aryl methyl sites for hydroxylation is 1. The molecule has 3 heterocycles. The van der Waals surface area contributed by atoms with Gasteiger partial charge in [-0.25, -0.2) is 9.97 Å². The van der Waals surface area contributed by atoms with Crippen LogP contribution in [0.15, 0.2) is 86.6 Å². The summed E-state index contributed by atoms with van der Waals surface area (Å²) in [6.45, 7) is 2.04. The van der Waals surface area contributed by atoms with Crippen LogP contribution in [0.2, 0.25) is 0 Å². The molecule has 1 N–H and O–H groups in total. The Morgan fingerprint density at radius 3 is 2.52 bits per heavy atom. The molecule has 5 rings (SSSR count). The van der Waals surface area contributed by atoms with Gasteiger partial charge in [-0.05, 0) is 6.92 Å². The van der Waals surface area contributed by atoms with Crippen LogP contribution in [0, 0.1) is 6.92 Å². The van der Waals surface area contributed by atoms with Gasteiger partial charge in [-0.2, -0.15) is 4.68 Å². The molecule has 0 saturated heterocycles. The molecule has 0 spiro atoms. The van der Waals surface area contributed by atoms with E-state index in [9.17, 15) is 4.79 Å². The Morgan fingerprint density at radius 2 is 1.77 bits per heavy atom. The molecule has 3 aromatic heterocycles. The van der Waals surface area contributed by atoms with Crippen molar-refractivity contribution in [3.63, 3.8) is 0 Å². The lowest BCUT2D eigenvalue weighted by Gasteiger charge is -1.99. The summed E-state index contributed by atoms with van der Waals surface area (Å²) in [4.78, 5) is 22.0. The second-order valence-electron chi connectivity index (χ2n) is 6.74. The number of benzene rings is 2. The fraction of sp³-hybridized carbons (Fsp3) is 0.0455. The largest absolute Gasteiger partial charge is 0.301 e. The van der Waals surface area contributed by atoms with Gasteiger partial charge in [0.1, 0.15) is 0 Å². The monoisotopic (exact) mass is 444 g/mol. The fourth-order valence-corrected chi connectivity index (χ4v) is 4.29. The first-order valence-corrected chi connectivity index (χ1v) is 11.2. The standard InChI is InChI=1S/C22H16N6OS2/c1-14-7-9-15(10-8-14)17-13-31-22(24-17)28-20(29)19(25-26-21-23-11-12-30-21)18(27-28)16-5-3-2-4-6-16/h2-13,27H,1H3. The molecular formula is C22H16N6OS2. The first kappa shape index (κ1) is 19.3. The van der Waals surface area contributed by atoms with Crippen LogP contribution in [-0.2, 0) is 0 Å². The molecule has 0 radical (unpaired) electrons. The van der Waals surface area contributed by atoms with E-state index in [0.717, 1.165) is 16.8 Å². The Hall–Kier alpha value is -3.69. The number of H-pyrrole nitrogens is 1. The van der Waals surface area contributed by atoms with E-state index < -0.39 is 0 Å². The summed E-state index contributed by atoms with van der Waals surface area (Å²) in [6.07, 6.45) is 1.65. The zero-order chi connectivity index (χ0) is 21.2. The third-order valence-corrected chi connectivity index (χ3v) is 6.10. The Kier molecular flexibility index (Phi) is 5.11. The summed E-state index contributed by atoms with van der Waals surface area (Å²) in [5, 5.41) is 16.3. The number of nitrogens with zero attached hydrogens (tertiary/aromatic N) is 5. The van der Waals surface area contributed by atoms with Crippen LogP contribution >= 0.6 is 22.7 Å². The van der Waals surface area contributed by atoms with E-state index in [2.05, 4.69) is 25.3 Å². The minimum absolute atomic E-state index is 0.216. The molecule has 31 heavy (non-hydrogen) atoms. The van der Waals surface area contributed by atoms with Crippen molar-refractivity contribution in [2.45, 2.75) is 6.92 Å². The van der Waals surface area contributed by atoms with Gasteiger partial charge < -0.3 is 0 Å². The smallest absolute Gasteiger partial charge is 0.286 e. The van der Waals surface area contributed by atoms with Crippen molar-refractivity contribution in [2.75, 3.05) is 0 Å². The first-order chi connectivity index (χ1) is 15.2. The molecule has 0 aliphatic rings. The highest BCUT2D eigenvalue weighted by atomic mass is 32.1. The Labute approximate surface area is 185 Å². The first-order valence-electron chi connectivity index (χ1n) is 9.43. The number of rotatable bonds is 5. The number of aromatic nitrogens is 4. The van der Waals surface area contributed by atoms with E-state index in [1.807, 2.05) is 72.3 Å². The summed E-state index contributed by atoms with van der Waals surface area (Å²) in [6, 6.07) is 17.7. The lowest BCUT2D eigenvalue weighted by atomic mass is 10.1. The van der Waals surface area contributed by atoms with Crippen LogP contribution < -0.4 is 5.56 Å². The molecule has 9 heteroatoms. The molecular weight excluding hydrogens is 428 g/mol. The van der Waals surface area contributed by atoms with E-state index in [0.29, 0.717) is 16.0 Å². The predicted octanol–water partition coefficient (Wildman–Crippen LogP) is 6.14. The average Bonchev–Trinajstić information content (AvgIpc) is 3.54. The van der Waals surface area contributed by atoms with Crippen LogP contribution in [0.5, 0.6) is 0 Å². The average molecular weight is 445 g/mol. The maximum Gasteiger partial charge on any atom is 0.301 e. The highest BCUT2D eigenvalue weighted by Gasteiger charge is 2.19. The number of aromatic amines is 1. The second-order valence-corrected chi connectivity index (χ2v) is 8.45. The van der Waals surface area contributed by atoms with Gasteiger partial charge in [0.25, 0.3) is 0 Å². The van der Waals surface area contributed by atoms with Gasteiger partial charge in [-0.3, -0.25) is 9.89 Å². The minimum atomic E-state index is -0.316. The number of thiazole rings is 2. The predicted molar refractivity (Wildman–Crippen MR) is 124 cm³/mol. The van der Waals surface area contributed by atoms with E-state index in [1.54, 1.807) is 6.20 Å². The number of nitrogens with one attached hydrogen (secondary N) is 1. The molecule has 0 amide bonds. The van der Waals surface area contributed by atoms with E-state index in [-0.39, 0.29) is 11.2 Å². The number of hydrogen-bond acceptors (Lipinski definition) is 7. The van der Waals surface area contributed by atoms with Crippen LogP contribution in [0.1, 0.15) is 5.56 Å².